The van der Waals surface area contributed by atoms with Crippen LogP contribution in [0.15, 0.2) is 48.5 Å². The molecule has 0 bridgehead atoms. The molecule has 0 aliphatic heterocycles. The van der Waals surface area contributed by atoms with E-state index in [9.17, 15) is 18.4 Å². The predicted octanol–water partition coefficient (Wildman–Crippen LogP) is 1.79. The van der Waals surface area contributed by atoms with Gasteiger partial charge in [0.2, 0.25) is 5.91 Å². The summed E-state index contributed by atoms with van der Waals surface area (Å²) in [6.07, 6.45) is 0.194. The van der Waals surface area contributed by atoms with Crippen molar-refractivity contribution in [2.24, 2.45) is 5.73 Å². The number of carbonyl (C=O) groups excluding carboxylic acids is 2. The summed E-state index contributed by atoms with van der Waals surface area (Å²) in [5, 5.41) is 2.39. The quantitative estimate of drug-likeness (QED) is 0.884. The van der Waals surface area contributed by atoms with Gasteiger partial charge in [0.15, 0.2) is 0 Å². The van der Waals surface area contributed by atoms with Gasteiger partial charge < -0.3 is 11.1 Å². The second-order valence-electron chi connectivity index (χ2n) is 4.78. The molecule has 0 heterocycles. The maximum Gasteiger partial charge on any atom is 0.252 e. The van der Waals surface area contributed by atoms with Gasteiger partial charge in [-0.25, -0.2) is 8.78 Å². The molecule has 0 aliphatic carbocycles. The monoisotopic (exact) mass is 304 g/mol. The van der Waals surface area contributed by atoms with E-state index in [0.717, 1.165) is 17.7 Å². The third-order valence-corrected chi connectivity index (χ3v) is 3.06. The molecule has 0 aromatic heterocycles. The fraction of sp³-hybridized carbons (Fsp3) is 0.125. The van der Waals surface area contributed by atoms with Gasteiger partial charge in [-0.15, -0.1) is 0 Å². The molecule has 114 valence electrons. The first-order valence-corrected chi connectivity index (χ1v) is 6.56. The van der Waals surface area contributed by atoms with Crippen LogP contribution in [0.3, 0.4) is 0 Å². The predicted molar refractivity (Wildman–Crippen MR) is 77.0 cm³/mol. The molecular weight excluding hydrogens is 290 g/mol. The van der Waals surface area contributed by atoms with Crippen LogP contribution in [0.25, 0.3) is 0 Å². The highest BCUT2D eigenvalue weighted by Crippen LogP contribution is 2.09. The van der Waals surface area contributed by atoms with Gasteiger partial charge in [-0.3, -0.25) is 9.59 Å². The minimum absolute atomic E-state index is 0.194. The standard InChI is InChI=1S/C16H14F2N2O2/c17-12-7-11(8-13(18)9-12)16(22)20-14(15(19)21)6-10-4-2-1-3-5-10/h1-5,7-9,14H,6H2,(H2,19,21)(H,20,22)/t14-/m0/s1. The minimum Gasteiger partial charge on any atom is -0.368 e. The van der Waals surface area contributed by atoms with E-state index in [-0.39, 0.29) is 12.0 Å². The molecule has 2 rings (SSSR count). The van der Waals surface area contributed by atoms with E-state index < -0.39 is 29.5 Å². The summed E-state index contributed by atoms with van der Waals surface area (Å²) in [6.45, 7) is 0. The molecule has 22 heavy (non-hydrogen) atoms. The lowest BCUT2D eigenvalue weighted by Crippen LogP contribution is -2.45. The van der Waals surface area contributed by atoms with Crippen LogP contribution in [0, 0.1) is 11.6 Å². The van der Waals surface area contributed by atoms with Crippen molar-refractivity contribution in [2.75, 3.05) is 0 Å². The normalized spacial score (nSPS) is 11.7. The number of nitrogens with one attached hydrogen (secondary N) is 1. The van der Waals surface area contributed by atoms with E-state index in [1.807, 2.05) is 6.07 Å². The Kier molecular flexibility index (Phi) is 4.83. The van der Waals surface area contributed by atoms with Crippen molar-refractivity contribution in [1.82, 2.24) is 5.32 Å². The largest absolute Gasteiger partial charge is 0.368 e. The van der Waals surface area contributed by atoms with Crippen molar-refractivity contribution in [3.05, 3.63) is 71.3 Å². The van der Waals surface area contributed by atoms with E-state index in [4.69, 9.17) is 5.73 Å². The molecule has 0 aliphatic rings. The average Bonchev–Trinajstić information content (AvgIpc) is 2.46. The van der Waals surface area contributed by atoms with Gasteiger partial charge in [-0.2, -0.15) is 0 Å². The lowest BCUT2D eigenvalue weighted by Gasteiger charge is -2.15. The molecule has 2 aromatic rings. The molecule has 6 heteroatoms. The van der Waals surface area contributed by atoms with Crippen molar-refractivity contribution >= 4 is 11.8 Å². The molecule has 2 amide bonds. The number of hydrogen-bond donors (Lipinski definition) is 2. The van der Waals surface area contributed by atoms with Gasteiger partial charge in [-0.05, 0) is 17.7 Å². The molecule has 4 nitrogen and oxygen atoms in total. The molecular formula is C16H14F2N2O2. The number of halogens is 2. The van der Waals surface area contributed by atoms with Crippen LogP contribution in [-0.2, 0) is 11.2 Å². The number of carbonyl (C=O) groups is 2. The van der Waals surface area contributed by atoms with E-state index in [1.165, 1.54) is 0 Å². The van der Waals surface area contributed by atoms with Crippen LogP contribution in [0.2, 0.25) is 0 Å². The zero-order chi connectivity index (χ0) is 16.1. The van der Waals surface area contributed by atoms with Gasteiger partial charge in [0.25, 0.3) is 5.91 Å². The lowest BCUT2D eigenvalue weighted by molar-refractivity contribution is -0.119. The van der Waals surface area contributed by atoms with Crippen LogP contribution >= 0.6 is 0 Å². The van der Waals surface area contributed by atoms with E-state index in [0.29, 0.717) is 6.07 Å². The smallest absolute Gasteiger partial charge is 0.252 e. The summed E-state index contributed by atoms with van der Waals surface area (Å²) >= 11 is 0. The Bertz CT molecular complexity index is 670. The van der Waals surface area contributed by atoms with Crippen molar-refractivity contribution in [2.45, 2.75) is 12.5 Å². The maximum absolute atomic E-state index is 13.1. The SMILES string of the molecule is NC(=O)[C@H](Cc1ccccc1)NC(=O)c1cc(F)cc(F)c1. The van der Waals surface area contributed by atoms with Crippen molar-refractivity contribution in [3.63, 3.8) is 0 Å². The Morgan fingerprint density at radius 1 is 1.05 bits per heavy atom. The third kappa shape index (κ3) is 4.12. The van der Waals surface area contributed by atoms with E-state index in [1.54, 1.807) is 24.3 Å². The van der Waals surface area contributed by atoms with E-state index >= 15 is 0 Å². The zero-order valence-corrected chi connectivity index (χ0v) is 11.6. The molecule has 0 spiro atoms. The summed E-state index contributed by atoms with van der Waals surface area (Å²) < 4.78 is 26.2. The van der Waals surface area contributed by atoms with Crippen LogP contribution < -0.4 is 11.1 Å². The molecule has 2 aromatic carbocycles. The summed E-state index contributed by atoms with van der Waals surface area (Å²) in [5.41, 5.74) is 5.86. The molecule has 0 saturated carbocycles. The molecule has 0 saturated heterocycles. The zero-order valence-electron chi connectivity index (χ0n) is 11.6. The molecule has 1 atom stereocenters. The van der Waals surface area contributed by atoms with Gasteiger partial charge >= 0.3 is 0 Å². The first-order valence-electron chi connectivity index (χ1n) is 6.56. The van der Waals surface area contributed by atoms with Crippen LogP contribution in [0.5, 0.6) is 0 Å². The summed E-state index contributed by atoms with van der Waals surface area (Å²) in [6, 6.07) is 10.4. The second-order valence-corrected chi connectivity index (χ2v) is 4.78. The highest BCUT2D eigenvalue weighted by atomic mass is 19.1. The fourth-order valence-corrected chi connectivity index (χ4v) is 2.00. The van der Waals surface area contributed by atoms with Crippen molar-refractivity contribution < 1.29 is 18.4 Å². The van der Waals surface area contributed by atoms with Crippen molar-refractivity contribution in [1.29, 1.82) is 0 Å². The summed E-state index contributed by atoms with van der Waals surface area (Å²) in [5.74, 6) is -3.24. The molecule has 0 fully saturated rings. The number of benzene rings is 2. The minimum atomic E-state index is -0.971. The van der Waals surface area contributed by atoms with Crippen molar-refractivity contribution in [3.8, 4) is 0 Å². The lowest BCUT2D eigenvalue weighted by atomic mass is 10.0. The summed E-state index contributed by atoms with van der Waals surface area (Å²) in [7, 11) is 0. The Balaban J connectivity index is 2.13. The Labute approximate surface area is 125 Å². The first kappa shape index (κ1) is 15.6. The topological polar surface area (TPSA) is 72.2 Å². The maximum atomic E-state index is 13.1. The highest BCUT2D eigenvalue weighted by molar-refractivity contribution is 5.97. The third-order valence-electron chi connectivity index (χ3n) is 3.06. The number of primary amides is 1. The number of hydrogen-bond acceptors (Lipinski definition) is 2. The Morgan fingerprint density at radius 3 is 2.18 bits per heavy atom. The fourth-order valence-electron chi connectivity index (χ4n) is 2.00. The average molecular weight is 304 g/mol. The van der Waals surface area contributed by atoms with Gasteiger partial charge in [-0.1, -0.05) is 30.3 Å². The van der Waals surface area contributed by atoms with Gasteiger partial charge in [0.05, 0.1) is 0 Å². The Morgan fingerprint density at radius 2 is 1.64 bits per heavy atom. The molecule has 0 unspecified atom stereocenters. The first-order chi connectivity index (χ1) is 10.5. The Hall–Kier alpha value is -2.76. The van der Waals surface area contributed by atoms with Crippen LogP contribution in [0.4, 0.5) is 8.78 Å². The summed E-state index contributed by atoms with van der Waals surface area (Å²) in [4.78, 5) is 23.5. The molecule has 0 radical (unpaired) electrons. The number of rotatable bonds is 5. The van der Waals surface area contributed by atoms with Gasteiger partial charge in [0, 0.05) is 18.1 Å². The van der Waals surface area contributed by atoms with Crippen LogP contribution in [0.1, 0.15) is 15.9 Å². The van der Waals surface area contributed by atoms with E-state index in [2.05, 4.69) is 5.32 Å². The second kappa shape index (κ2) is 6.80. The highest BCUT2D eigenvalue weighted by Gasteiger charge is 2.20. The van der Waals surface area contributed by atoms with Gasteiger partial charge in [0.1, 0.15) is 17.7 Å². The molecule has 3 N–H and O–H groups in total. The number of amides is 2. The van der Waals surface area contributed by atoms with Crippen LogP contribution in [-0.4, -0.2) is 17.9 Å². The number of nitrogens with two attached hydrogens (primary N) is 1.